The molecule has 2 rings (SSSR count). The lowest BCUT2D eigenvalue weighted by Gasteiger charge is -2.35. The number of carbonyl (C=O) groups is 1. The highest BCUT2D eigenvalue weighted by Gasteiger charge is 2.32. The highest BCUT2D eigenvalue weighted by Crippen LogP contribution is 2.21. The minimum Gasteiger partial charge on any atom is -0.388 e. The highest BCUT2D eigenvalue weighted by atomic mass is 16.5. The molecule has 104 valence electrons. The van der Waals surface area contributed by atoms with Gasteiger partial charge >= 0.3 is 0 Å². The van der Waals surface area contributed by atoms with Crippen LogP contribution in [0.3, 0.4) is 0 Å². The zero-order valence-corrected chi connectivity index (χ0v) is 11.4. The Morgan fingerprint density at radius 3 is 2.79 bits per heavy atom. The minimum absolute atomic E-state index is 0.163. The van der Waals surface area contributed by atoms with Crippen LogP contribution in [0.5, 0.6) is 0 Å². The van der Waals surface area contributed by atoms with Crippen LogP contribution in [0.25, 0.3) is 0 Å². The number of carbonyl (C=O) groups excluding carboxylic acids is 1. The van der Waals surface area contributed by atoms with E-state index in [0.29, 0.717) is 38.3 Å². The molecule has 1 aromatic heterocycles. The standard InChI is InChI=1S/C14H20N2O3/c1-11-4-3-5-12(15-11)13(17)16(2)10-14(18)6-8-19-9-7-14/h3-5,18H,6-10H2,1-2H3. The Labute approximate surface area is 113 Å². The third-order valence-corrected chi connectivity index (χ3v) is 3.41. The van der Waals surface area contributed by atoms with Gasteiger partial charge in [-0.3, -0.25) is 4.79 Å². The molecule has 0 unspecified atom stereocenters. The third kappa shape index (κ3) is 3.52. The fourth-order valence-corrected chi connectivity index (χ4v) is 2.28. The van der Waals surface area contributed by atoms with Gasteiger partial charge in [0.15, 0.2) is 0 Å². The summed E-state index contributed by atoms with van der Waals surface area (Å²) in [5, 5.41) is 10.4. The van der Waals surface area contributed by atoms with Crippen molar-refractivity contribution in [3.8, 4) is 0 Å². The van der Waals surface area contributed by atoms with Gasteiger partial charge in [0, 0.05) is 45.3 Å². The van der Waals surface area contributed by atoms with Crippen LogP contribution in [0.2, 0.25) is 0 Å². The van der Waals surface area contributed by atoms with E-state index in [1.165, 1.54) is 4.90 Å². The summed E-state index contributed by atoms with van der Waals surface area (Å²) >= 11 is 0. The van der Waals surface area contributed by atoms with Crippen LogP contribution in [0.15, 0.2) is 18.2 Å². The Kier molecular flexibility index (Phi) is 4.17. The van der Waals surface area contributed by atoms with Crippen LogP contribution in [0.1, 0.15) is 29.0 Å². The Bertz CT molecular complexity index is 456. The molecule has 1 amide bonds. The summed E-state index contributed by atoms with van der Waals surface area (Å²) in [6, 6.07) is 5.36. The quantitative estimate of drug-likeness (QED) is 0.885. The molecule has 0 spiro atoms. The van der Waals surface area contributed by atoms with Gasteiger partial charge in [0.1, 0.15) is 5.69 Å². The Morgan fingerprint density at radius 1 is 1.47 bits per heavy atom. The molecule has 1 fully saturated rings. The van der Waals surface area contributed by atoms with Crippen molar-refractivity contribution in [2.45, 2.75) is 25.4 Å². The Hall–Kier alpha value is -1.46. The first-order chi connectivity index (χ1) is 9.00. The van der Waals surface area contributed by atoms with Crippen LogP contribution in [-0.4, -0.2) is 53.3 Å². The lowest BCUT2D eigenvalue weighted by atomic mass is 9.94. The second-order valence-electron chi connectivity index (χ2n) is 5.16. The van der Waals surface area contributed by atoms with E-state index in [0.717, 1.165) is 5.69 Å². The highest BCUT2D eigenvalue weighted by molar-refractivity contribution is 5.92. The SMILES string of the molecule is Cc1cccc(C(=O)N(C)CC2(O)CCOCC2)n1. The van der Waals surface area contributed by atoms with Gasteiger partial charge in [0.2, 0.25) is 0 Å². The number of aryl methyl sites for hydroxylation is 1. The van der Waals surface area contributed by atoms with Gasteiger partial charge in [0.25, 0.3) is 5.91 Å². The molecule has 5 heteroatoms. The smallest absolute Gasteiger partial charge is 0.272 e. The fourth-order valence-electron chi connectivity index (χ4n) is 2.28. The number of aliphatic hydroxyl groups is 1. The largest absolute Gasteiger partial charge is 0.388 e. The number of hydrogen-bond acceptors (Lipinski definition) is 4. The first-order valence-corrected chi connectivity index (χ1v) is 6.49. The van der Waals surface area contributed by atoms with Gasteiger partial charge in [-0.05, 0) is 19.1 Å². The molecule has 5 nitrogen and oxygen atoms in total. The first-order valence-electron chi connectivity index (χ1n) is 6.49. The van der Waals surface area contributed by atoms with Crippen molar-refractivity contribution in [1.82, 2.24) is 9.88 Å². The van der Waals surface area contributed by atoms with Crippen molar-refractivity contribution in [3.63, 3.8) is 0 Å². The van der Waals surface area contributed by atoms with Crippen molar-refractivity contribution in [3.05, 3.63) is 29.6 Å². The van der Waals surface area contributed by atoms with E-state index < -0.39 is 5.60 Å². The Morgan fingerprint density at radius 2 is 2.16 bits per heavy atom. The van der Waals surface area contributed by atoms with E-state index in [9.17, 15) is 9.90 Å². The molecule has 1 saturated heterocycles. The molecular formula is C14H20N2O3. The second kappa shape index (κ2) is 5.67. The van der Waals surface area contributed by atoms with Crippen molar-refractivity contribution in [2.24, 2.45) is 0 Å². The molecule has 0 bridgehead atoms. The van der Waals surface area contributed by atoms with Crippen molar-refractivity contribution in [2.75, 3.05) is 26.8 Å². The number of pyridine rings is 1. The first kappa shape index (κ1) is 14.0. The van der Waals surface area contributed by atoms with Crippen LogP contribution < -0.4 is 0 Å². The summed E-state index contributed by atoms with van der Waals surface area (Å²) in [5.41, 5.74) is 0.383. The van der Waals surface area contributed by atoms with Crippen LogP contribution in [0.4, 0.5) is 0 Å². The zero-order chi connectivity index (χ0) is 13.9. The van der Waals surface area contributed by atoms with E-state index in [1.54, 1.807) is 13.1 Å². The summed E-state index contributed by atoms with van der Waals surface area (Å²) < 4.78 is 5.23. The molecule has 0 atom stereocenters. The predicted octanol–water partition coefficient (Wildman–Crippen LogP) is 1.00. The summed E-state index contributed by atoms with van der Waals surface area (Å²) in [5.74, 6) is -0.163. The summed E-state index contributed by atoms with van der Waals surface area (Å²) in [7, 11) is 1.69. The summed E-state index contributed by atoms with van der Waals surface area (Å²) in [6.45, 7) is 3.25. The predicted molar refractivity (Wildman–Crippen MR) is 70.9 cm³/mol. The molecule has 1 aliphatic rings. The summed E-state index contributed by atoms with van der Waals surface area (Å²) in [4.78, 5) is 18.0. The molecule has 1 N–H and O–H groups in total. The topological polar surface area (TPSA) is 62.7 Å². The van der Waals surface area contributed by atoms with E-state index in [4.69, 9.17) is 4.74 Å². The number of aromatic nitrogens is 1. The molecule has 19 heavy (non-hydrogen) atoms. The molecule has 0 saturated carbocycles. The van der Waals surface area contributed by atoms with Crippen molar-refractivity contribution in [1.29, 1.82) is 0 Å². The molecule has 2 heterocycles. The van der Waals surface area contributed by atoms with Gasteiger partial charge in [0.05, 0.1) is 5.60 Å². The molecule has 0 radical (unpaired) electrons. The maximum absolute atomic E-state index is 12.2. The van der Waals surface area contributed by atoms with E-state index in [1.807, 2.05) is 19.1 Å². The van der Waals surface area contributed by atoms with Crippen LogP contribution in [-0.2, 0) is 4.74 Å². The number of hydrogen-bond donors (Lipinski definition) is 1. The lowest BCUT2D eigenvalue weighted by molar-refractivity contribution is -0.0734. The van der Waals surface area contributed by atoms with Gasteiger partial charge in [-0.1, -0.05) is 6.07 Å². The number of ether oxygens (including phenoxy) is 1. The third-order valence-electron chi connectivity index (χ3n) is 3.41. The number of likely N-dealkylation sites (N-methyl/N-ethyl adjacent to an activating group) is 1. The average Bonchev–Trinajstić information content (AvgIpc) is 2.38. The number of nitrogens with zero attached hydrogens (tertiary/aromatic N) is 2. The van der Waals surface area contributed by atoms with Crippen LogP contribution >= 0.6 is 0 Å². The van der Waals surface area contributed by atoms with Crippen molar-refractivity contribution < 1.29 is 14.6 Å². The van der Waals surface area contributed by atoms with E-state index in [2.05, 4.69) is 4.98 Å². The van der Waals surface area contributed by atoms with Gasteiger partial charge in [-0.25, -0.2) is 4.98 Å². The Balaban J connectivity index is 2.03. The van der Waals surface area contributed by atoms with Gasteiger partial charge < -0.3 is 14.7 Å². The maximum atomic E-state index is 12.2. The molecule has 1 aromatic rings. The van der Waals surface area contributed by atoms with Gasteiger partial charge in [-0.2, -0.15) is 0 Å². The maximum Gasteiger partial charge on any atom is 0.272 e. The molecule has 0 aromatic carbocycles. The number of amides is 1. The summed E-state index contributed by atoms with van der Waals surface area (Å²) in [6.07, 6.45) is 1.12. The number of rotatable bonds is 3. The minimum atomic E-state index is -0.841. The van der Waals surface area contributed by atoms with Crippen LogP contribution in [0, 0.1) is 6.92 Å². The van der Waals surface area contributed by atoms with Gasteiger partial charge in [-0.15, -0.1) is 0 Å². The monoisotopic (exact) mass is 264 g/mol. The zero-order valence-electron chi connectivity index (χ0n) is 11.4. The normalized spacial score (nSPS) is 18.1. The molecule has 1 aliphatic heterocycles. The second-order valence-corrected chi connectivity index (χ2v) is 5.16. The molecular weight excluding hydrogens is 244 g/mol. The van der Waals surface area contributed by atoms with Crippen molar-refractivity contribution >= 4 is 5.91 Å². The fraction of sp³-hybridized carbons (Fsp3) is 0.571. The van der Waals surface area contributed by atoms with E-state index >= 15 is 0 Å². The van der Waals surface area contributed by atoms with E-state index in [-0.39, 0.29) is 5.91 Å². The molecule has 0 aliphatic carbocycles. The average molecular weight is 264 g/mol. The lowest BCUT2D eigenvalue weighted by Crippen LogP contribution is -2.47.